The number of esters is 1. The lowest BCUT2D eigenvalue weighted by Crippen LogP contribution is -2.52. The van der Waals surface area contributed by atoms with E-state index >= 15 is 0 Å². The first-order chi connectivity index (χ1) is 19.6. The molecule has 0 bridgehead atoms. The van der Waals surface area contributed by atoms with Crippen molar-refractivity contribution in [1.29, 1.82) is 0 Å². The van der Waals surface area contributed by atoms with Crippen LogP contribution in [0.25, 0.3) is 0 Å². The Morgan fingerprint density at radius 2 is 1.37 bits per heavy atom. The van der Waals surface area contributed by atoms with Crippen LogP contribution in [0.1, 0.15) is 49.5 Å². The Kier molecular flexibility index (Phi) is 8.06. The maximum Gasteiger partial charge on any atom is 0.343 e. The van der Waals surface area contributed by atoms with Gasteiger partial charge < -0.3 is 4.74 Å². The van der Waals surface area contributed by atoms with E-state index in [-0.39, 0.29) is 26.9 Å². The number of hydrogen-bond acceptors (Lipinski definition) is 6. The fraction of sp³-hybridized carbons (Fsp3) is 0.194. The van der Waals surface area contributed by atoms with E-state index in [1.807, 2.05) is 19.1 Å². The molecule has 1 aliphatic carbocycles. The van der Waals surface area contributed by atoms with Crippen molar-refractivity contribution < 1.29 is 28.7 Å². The first-order valence-corrected chi connectivity index (χ1v) is 13.6. The number of imide groups is 1. The van der Waals surface area contributed by atoms with Crippen molar-refractivity contribution in [3.63, 3.8) is 0 Å². The molecule has 41 heavy (non-hydrogen) atoms. The van der Waals surface area contributed by atoms with Gasteiger partial charge in [-0.2, -0.15) is 5.01 Å². The molecule has 1 heterocycles. The minimum atomic E-state index is -0.756. The van der Waals surface area contributed by atoms with Crippen molar-refractivity contribution in [3.8, 4) is 5.75 Å². The third-order valence-electron chi connectivity index (χ3n) is 7.09. The van der Waals surface area contributed by atoms with Gasteiger partial charge in [-0.25, -0.2) is 9.80 Å². The van der Waals surface area contributed by atoms with Crippen LogP contribution >= 0.6 is 23.2 Å². The number of rotatable bonds is 7. The lowest BCUT2D eigenvalue weighted by molar-refractivity contribution is -0.154. The Hall–Kier alpha value is -4.27. The second-order valence-corrected chi connectivity index (χ2v) is 10.7. The van der Waals surface area contributed by atoms with Crippen molar-refractivity contribution >= 4 is 52.7 Å². The van der Waals surface area contributed by atoms with Gasteiger partial charge in [0.1, 0.15) is 12.3 Å². The predicted molar refractivity (Wildman–Crippen MR) is 152 cm³/mol. The number of aryl methyl sites for hydroxylation is 1. The topological polar surface area (TPSA) is 101 Å². The number of ketones is 1. The summed E-state index contributed by atoms with van der Waals surface area (Å²) >= 11 is 12.1. The Labute approximate surface area is 246 Å². The highest BCUT2D eigenvalue weighted by atomic mass is 35.5. The van der Waals surface area contributed by atoms with Crippen LogP contribution in [0.3, 0.4) is 0 Å². The Morgan fingerprint density at radius 1 is 0.805 bits per heavy atom. The van der Waals surface area contributed by atoms with Gasteiger partial charge in [-0.15, -0.1) is 0 Å². The number of amides is 3. The standard InChI is InChI=1S/C31H24Cl2N2O6/c1-18-6-8-20(9-7-18)31(40)41-22-13-10-19(11-14-22)27(36)17-34(28(37)21-12-15-25(32)26(33)16-21)35-29(38)23-4-2-3-5-24(23)30(35)39/h2-3,6-16,23-24H,4-5,17H2,1H3/t23-,24-/m0/s1. The van der Waals surface area contributed by atoms with Gasteiger partial charge in [-0.1, -0.05) is 53.1 Å². The summed E-state index contributed by atoms with van der Waals surface area (Å²) in [6, 6.07) is 16.8. The molecule has 0 radical (unpaired) electrons. The van der Waals surface area contributed by atoms with E-state index in [0.29, 0.717) is 18.4 Å². The zero-order valence-corrected chi connectivity index (χ0v) is 23.4. The van der Waals surface area contributed by atoms with Crippen molar-refractivity contribution in [2.45, 2.75) is 19.8 Å². The summed E-state index contributed by atoms with van der Waals surface area (Å²) in [5.41, 5.74) is 1.62. The normalized spacial score (nSPS) is 17.8. The Morgan fingerprint density at radius 3 is 1.95 bits per heavy atom. The zero-order chi connectivity index (χ0) is 29.3. The highest BCUT2D eigenvalue weighted by molar-refractivity contribution is 6.42. The summed E-state index contributed by atoms with van der Waals surface area (Å²) in [5, 5.41) is 2.00. The maximum absolute atomic E-state index is 13.6. The van der Waals surface area contributed by atoms with E-state index < -0.39 is 47.9 Å². The molecule has 10 heteroatoms. The van der Waals surface area contributed by atoms with E-state index in [9.17, 15) is 24.0 Å². The fourth-order valence-corrected chi connectivity index (χ4v) is 5.12. The molecule has 1 fully saturated rings. The van der Waals surface area contributed by atoms with Gasteiger partial charge in [-0.3, -0.25) is 19.2 Å². The molecule has 1 aliphatic heterocycles. The molecular formula is C31H24Cl2N2O6. The molecule has 8 nitrogen and oxygen atoms in total. The molecule has 0 N–H and O–H groups in total. The van der Waals surface area contributed by atoms with Crippen LogP contribution in [0.2, 0.25) is 10.0 Å². The third kappa shape index (κ3) is 5.80. The summed E-state index contributed by atoms with van der Waals surface area (Å²) in [6.07, 6.45) is 4.41. The van der Waals surface area contributed by atoms with Crippen molar-refractivity contribution in [2.24, 2.45) is 11.8 Å². The van der Waals surface area contributed by atoms with Gasteiger partial charge in [0.15, 0.2) is 5.78 Å². The second kappa shape index (κ2) is 11.7. The van der Waals surface area contributed by atoms with Gasteiger partial charge in [0.05, 0.1) is 27.4 Å². The molecule has 2 aliphatic rings. The van der Waals surface area contributed by atoms with Gasteiger partial charge >= 0.3 is 5.97 Å². The monoisotopic (exact) mass is 590 g/mol. The van der Waals surface area contributed by atoms with E-state index in [1.54, 1.807) is 24.3 Å². The molecule has 3 aromatic carbocycles. The first-order valence-electron chi connectivity index (χ1n) is 12.9. The summed E-state index contributed by atoms with van der Waals surface area (Å²) in [7, 11) is 0. The van der Waals surface area contributed by atoms with E-state index in [2.05, 4.69) is 0 Å². The number of carbonyl (C=O) groups excluding carboxylic acids is 5. The first kappa shape index (κ1) is 28.3. The number of benzene rings is 3. The number of fused-ring (bicyclic) bond motifs is 1. The van der Waals surface area contributed by atoms with E-state index in [1.165, 1.54) is 42.5 Å². The lowest BCUT2D eigenvalue weighted by atomic mass is 9.85. The van der Waals surface area contributed by atoms with Crippen LogP contribution in [-0.2, 0) is 9.59 Å². The summed E-state index contributed by atoms with van der Waals surface area (Å²) < 4.78 is 5.40. The molecular weight excluding hydrogens is 567 g/mol. The minimum absolute atomic E-state index is 0.0548. The highest BCUT2D eigenvalue weighted by Crippen LogP contribution is 2.36. The van der Waals surface area contributed by atoms with Crippen molar-refractivity contribution in [1.82, 2.24) is 10.0 Å². The minimum Gasteiger partial charge on any atom is -0.423 e. The van der Waals surface area contributed by atoms with Crippen molar-refractivity contribution in [3.05, 3.63) is 111 Å². The maximum atomic E-state index is 13.6. The number of halogens is 2. The third-order valence-corrected chi connectivity index (χ3v) is 7.83. The summed E-state index contributed by atoms with van der Waals surface area (Å²) in [5.74, 6) is -3.91. The quantitative estimate of drug-likeness (QED) is 0.115. The van der Waals surface area contributed by atoms with Gasteiger partial charge in [0.25, 0.3) is 17.7 Å². The molecule has 0 spiro atoms. The number of hydrogen-bond donors (Lipinski definition) is 0. The molecule has 3 aromatic rings. The predicted octanol–water partition coefficient (Wildman–Crippen LogP) is 5.71. The number of allylic oxidation sites excluding steroid dienone is 2. The molecule has 208 valence electrons. The Bertz CT molecular complexity index is 1560. The van der Waals surface area contributed by atoms with E-state index in [4.69, 9.17) is 27.9 Å². The molecule has 0 aromatic heterocycles. The Balaban J connectivity index is 1.38. The van der Waals surface area contributed by atoms with Crippen LogP contribution in [0, 0.1) is 18.8 Å². The lowest BCUT2D eigenvalue weighted by Gasteiger charge is -2.30. The SMILES string of the molecule is Cc1ccc(C(=O)Oc2ccc(C(=O)CN(C(=O)c3ccc(Cl)c(Cl)c3)N3C(=O)[C@H]4CC=CC[C@@H]4C3=O)cc2)cc1. The number of hydrazine groups is 1. The van der Waals surface area contributed by atoms with Crippen LogP contribution in [-0.4, -0.2) is 46.0 Å². The van der Waals surface area contributed by atoms with E-state index in [0.717, 1.165) is 15.6 Å². The second-order valence-electron chi connectivity index (χ2n) is 9.84. The fourth-order valence-electron chi connectivity index (χ4n) is 4.82. The van der Waals surface area contributed by atoms with Crippen molar-refractivity contribution in [2.75, 3.05) is 6.54 Å². The molecule has 5 rings (SSSR count). The summed E-state index contributed by atoms with van der Waals surface area (Å²) in [4.78, 5) is 66.1. The van der Waals surface area contributed by atoms with Crippen LogP contribution in [0.4, 0.5) is 0 Å². The number of ether oxygens (including phenoxy) is 1. The van der Waals surface area contributed by atoms with Crippen LogP contribution in [0.5, 0.6) is 5.75 Å². The average Bonchev–Trinajstić information content (AvgIpc) is 3.22. The molecule has 1 saturated heterocycles. The van der Waals surface area contributed by atoms with Crippen LogP contribution < -0.4 is 4.74 Å². The largest absolute Gasteiger partial charge is 0.423 e. The molecule has 3 amide bonds. The van der Waals surface area contributed by atoms with Gasteiger partial charge in [0.2, 0.25) is 0 Å². The molecule has 0 unspecified atom stereocenters. The smallest absolute Gasteiger partial charge is 0.343 e. The number of nitrogens with zero attached hydrogens (tertiary/aromatic N) is 2. The summed E-state index contributed by atoms with van der Waals surface area (Å²) in [6.45, 7) is 1.32. The average molecular weight is 591 g/mol. The van der Waals surface area contributed by atoms with Crippen LogP contribution in [0.15, 0.2) is 78.9 Å². The number of Topliss-reactive ketones (excluding diaryl/α,β-unsaturated/α-hetero) is 1. The molecule has 0 saturated carbocycles. The highest BCUT2D eigenvalue weighted by Gasteiger charge is 2.51. The van der Waals surface area contributed by atoms with Gasteiger partial charge in [-0.05, 0) is 74.4 Å². The number of carbonyl (C=O) groups is 5. The van der Waals surface area contributed by atoms with Gasteiger partial charge in [0, 0.05) is 11.1 Å². The molecule has 2 atom stereocenters. The zero-order valence-electron chi connectivity index (χ0n) is 21.9.